The van der Waals surface area contributed by atoms with Gasteiger partial charge in [0.1, 0.15) is 0 Å². The number of aromatic nitrogens is 1. The zero-order valence-corrected chi connectivity index (χ0v) is 21.3. The average Bonchev–Trinajstić information content (AvgIpc) is 3.26. The molecule has 4 saturated carbocycles. The Labute approximate surface area is 215 Å². The highest BCUT2D eigenvalue weighted by atomic mass is 14.7. The van der Waals surface area contributed by atoms with E-state index in [1.807, 2.05) is 0 Å². The van der Waals surface area contributed by atoms with Crippen LogP contribution in [0.25, 0.3) is 33.3 Å². The topological polar surface area (TPSA) is 41.8 Å². The molecule has 0 aliphatic heterocycles. The van der Waals surface area contributed by atoms with Crippen LogP contribution in [0.15, 0.2) is 72.8 Å². The molecule has 1 aromatic heterocycles. The van der Waals surface area contributed by atoms with Gasteiger partial charge in [-0.05, 0) is 122 Å². The molecule has 0 unspecified atom stereocenters. The second-order valence-electron chi connectivity index (χ2n) is 12.1. The highest BCUT2D eigenvalue weighted by molar-refractivity contribution is 5.95. The number of nitrogens with one attached hydrogen (secondary N) is 1. The fourth-order valence-electron chi connectivity index (χ4n) is 8.55. The molecular weight excluding hydrogens is 436 g/mol. The summed E-state index contributed by atoms with van der Waals surface area (Å²) in [6, 6.07) is 27.2. The highest BCUT2D eigenvalue weighted by Crippen LogP contribution is 2.61. The number of nitrogens with two attached hydrogens (primary N) is 1. The molecule has 184 valence electrons. The summed E-state index contributed by atoms with van der Waals surface area (Å²) in [5, 5.41) is 1.44. The van der Waals surface area contributed by atoms with Gasteiger partial charge in [-0.25, -0.2) is 0 Å². The SMILES string of the molecule is NCCCCc1c(-c2ccccc2-c2ccccc2)[nH]c2ccc(C34CC5CC(CC(C5)C3)C4)cc12. The minimum absolute atomic E-state index is 0.427. The molecule has 8 rings (SSSR count). The summed E-state index contributed by atoms with van der Waals surface area (Å²) in [6.45, 7) is 0.761. The van der Waals surface area contributed by atoms with Gasteiger partial charge in [0.2, 0.25) is 0 Å². The molecule has 4 bridgehead atoms. The van der Waals surface area contributed by atoms with Gasteiger partial charge < -0.3 is 10.7 Å². The largest absolute Gasteiger partial charge is 0.354 e. The molecule has 36 heavy (non-hydrogen) atoms. The molecule has 2 heteroatoms. The van der Waals surface area contributed by atoms with Crippen LogP contribution in [-0.2, 0) is 11.8 Å². The number of hydrogen-bond donors (Lipinski definition) is 2. The molecule has 4 aromatic rings. The minimum atomic E-state index is 0.427. The maximum Gasteiger partial charge on any atom is 0.0503 e. The summed E-state index contributed by atoms with van der Waals surface area (Å²) in [6.07, 6.45) is 12.0. The van der Waals surface area contributed by atoms with E-state index in [-0.39, 0.29) is 0 Å². The van der Waals surface area contributed by atoms with Crippen LogP contribution in [0.5, 0.6) is 0 Å². The molecule has 4 aliphatic carbocycles. The Morgan fingerprint density at radius 3 is 2.11 bits per heavy atom. The summed E-state index contributed by atoms with van der Waals surface area (Å²) < 4.78 is 0. The third kappa shape index (κ3) is 3.73. The first-order chi connectivity index (χ1) is 17.7. The fraction of sp³-hybridized carbons (Fsp3) is 0.412. The molecule has 3 aromatic carbocycles. The van der Waals surface area contributed by atoms with Crippen molar-refractivity contribution in [3.8, 4) is 22.4 Å². The second kappa shape index (κ2) is 8.92. The van der Waals surface area contributed by atoms with Crippen molar-refractivity contribution in [2.24, 2.45) is 23.5 Å². The van der Waals surface area contributed by atoms with Crippen molar-refractivity contribution in [3.63, 3.8) is 0 Å². The zero-order valence-electron chi connectivity index (χ0n) is 21.3. The summed E-state index contributed by atoms with van der Waals surface area (Å²) >= 11 is 0. The zero-order chi connectivity index (χ0) is 24.1. The third-order valence-electron chi connectivity index (χ3n) is 9.72. The summed E-state index contributed by atoms with van der Waals surface area (Å²) in [5.74, 6) is 2.90. The van der Waals surface area contributed by atoms with Gasteiger partial charge in [0.25, 0.3) is 0 Å². The van der Waals surface area contributed by atoms with Gasteiger partial charge in [0.15, 0.2) is 0 Å². The van der Waals surface area contributed by atoms with Crippen LogP contribution in [-0.4, -0.2) is 11.5 Å². The molecule has 4 fully saturated rings. The smallest absolute Gasteiger partial charge is 0.0503 e. The van der Waals surface area contributed by atoms with Gasteiger partial charge in [-0.2, -0.15) is 0 Å². The van der Waals surface area contributed by atoms with Crippen LogP contribution < -0.4 is 5.73 Å². The van der Waals surface area contributed by atoms with Gasteiger partial charge in [-0.1, -0.05) is 60.7 Å². The maximum atomic E-state index is 5.92. The summed E-state index contributed by atoms with van der Waals surface area (Å²) in [4.78, 5) is 3.89. The van der Waals surface area contributed by atoms with Crippen molar-refractivity contribution in [1.82, 2.24) is 4.98 Å². The first kappa shape index (κ1) is 22.4. The Balaban J connectivity index is 1.36. The first-order valence-electron chi connectivity index (χ1n) is 14.2. The lowest BCUT2D eigenvalue weighted by Gasteiger charge is -2.57. The van der Waals surface area contributed by atoms with E-state index >= 15 is 0 Å². The molecule has 0 amide bonds. The standard InChI is InChI=1S/C34H38N2/c35-15-7-6-12-30-31-19-27(34-20-23-16-24(21-34)18-25(17-23)22-34)13-14-32(31)36-33(30)29-11-5-4-10-28(29)26-8-2-1-3-9-26/h1-5,8-11,13-14,19,23-25,36H,6-7,12,15-18,20-22,35H2. The van der Waals surface area contributed by atoms with Crippen molar-refractivity contribution >= 4 is 10.9 Å². The Kier molecular flexibility index (Phi) is 5.54. The van der Waals surface area contributed by atoms with Crippen LogP contribution in [0.2, 0.25) is 0 Å². The van der Waals surface area contributed by atoms with E-state index in [9.17, 15) is 0 Å². The summed E-state index contributed by atoms with van der Waals surface area (Å²) in [7, 11) is 0. The molecule has 2 nitrogen and oxygen atoms in total. The predicted octanol–water partition coefficient (Wildman–Crippen LogP) is 8.25. The van der Waals surface area contributed by atoms with Gasteiger partial charge in [0.05, 0.1) is 5.69 Å². The predicted molar refractivity (Wildman–Crippen MR) is 151 cm³/mol. The van der Waals surface area contributed by atoms with Gasteiger partial charge in [-0.3, -0.25) is 0 Å². The number of fused-ring (bicyclic) bond motifs is 1. The van der Waals surface area contributed by atoms with Crippen LogP contribution in [0, 0.1) is 17.8 Å². The number of aryl methyl sites for hydroxylation is 1. The number of H-pyrrole nitrogens is 1. The van der Waals surface area contributed by atoms with Crippen molar-refractivity contribution in [1.29, 1.82) is 0 Å². The van der Waals surface area contributed by atoms with Crippen LogP contribution in [0.4, 0.5) is 0 Å². The lowest BCUT2D eigenvalue weighted by Crippen LogP contribution is -2.48. The van der Waals surface area contributed by atoms with E-state index in [4.69, 9.17) is 5.73 Å². The molecule has 0 spiro atoms. The summed E-state index contributed by atoms with van der Waals surface area (Å²) in [5.41, 5.74) is 15.9. The number of unbranched alkanes of at least 4 members (excludes halogenated alkanes) is 1. The molecule has 3 N–H and O–H groups in total. The molecule has 0 saturated heterocycles. The Hall–Kier alpha value is -2.84. The quantitative estimate of drug-likeness (QED) is 0.260. The minimum Gasteiger partial charge on any atom is -0.354 e. The second-order valence-corrected chi connectivity index (χ2v) is 12.1. The van der Waals surface area contributed by atoms with Gasteiger partial charge >= 0.3 is 0 Å². The van der Waals surface area contributed by atoms with Crippen molar-refractivity contribution in [2.75, 3.05) is 6.54 Å². The Morgan fingerprint density at radius 2 is 1.42 bits per heavy atom. The van der Waals surface area contributed by atoms with E-state index in [0.717, 1.165) is 43.6 Å². The lowest BCUT2D eigenvalue weighted by molar-refractivity contribution is -0.00513. The highest BCUT2D eigenvalue weighted by Gasteiger charge is 2.51. The molecule has 0 atom stereocenters. The van der Waals surface area contributed by atoms with E-state index < -0.39 is 0 Å². The Bertz CT molecular complexity index is 1340. The Morgan fingerprint density at radius 1 is 0.750 bits per heavy atom. The average molecular weight is 475 g/mol. The molecule has 0 radical (unpaired) electrons. The number of hydrogen-bond acceptors (Lipinski definition) is 1. The van der Waals surface area contributed by atoms with Crippen LogP contribution in [0.1, 0.15) is 62.5 Å². The van der Waals surface area contributed by atoms with Gasteiger partial charge in [0, 0.05) is 16.5 Å². The van der Waals surface area contributed by atoms with Crippen molar-refractivity contribution < 1.29 is 0 Å². The van der Waals surface area contributed by atoms with Gasteiger partial charge in [-0.15, -0.1) is 0 Å². The molecule has 1 heterocycles. The molecular formula is C34H38N2. The van der Waals surface area contributed by atoms with E-state index in [1.165, 1.54) is 77.4 Å². The first-order valence-corrected chi connectivity index (χ1v) is 14.2. The van der Waals surface area contributed by atoms with E-state index in [0.29, 0.717) is 5.41 Å². The third-order valence-corrected chi connectivity index (χ3v) is 9.72. The van der Waals surface area contributed by atoms with Crippen molar-refractivity contribution in [3.05, 3.63) is 83.9 Å². The van der Waals surface area contributed by atoms with E-state index in [1.54, 1.807) is 5.56 Å². The number of aromatic amines is 1. The fourth-order valence-corrected chi connectivity index (χ4v) is 8.55. The molecule has 4 aliphatic rings. The number of benzene rings is 3. The van der Waals surface area contributed by atoms with Crippen LogP contribution >= 0.6 is 0 Å². The normalized spacial score (nSPS) is 26.6. The van der Waals surface area contributed by atoms with E-state index in [2.05, 4.69) is 77.8 Å². The number of rotatable bonds is 7. The maximum absolute atomic E-state index is 5.92. The van der Waals surface area contributed by atoms with Crippen molar-refractivity contribution in [2.45, 2.75) is 63.2 Å². The monoisotopic (exact) mass is 474 g/mol. The lowest BCUT2D eigenvalue weighted by atomic mass is 9.48. The van der Waals surface area contributed by atoms with Crippen LogP contribution in [0.3, 0.4) is 0 Å².